The molecule has 3 aromatic rings. The predicted molar refractivity (Wildman–Crippen MR) is 150 cm³/mol. The highest BCUT2D eigenvalue weighted by atomic mass is 32.1. The summed E-state index contributed by atoms with van der Waals surface area (Å²) in [5.74, 6) is 1.58. The summed E-state index contributed by atoms with van der Waals surface area (Å²) in [5, 5.41) is 10.0. The lowest BCUT2D eigenvalue weighted by Gasteiger charge is -2.35. The van der Waals surface area contributed by atoms with Crippen LogP contribution in [-0.2, 0) is 0 Å². The Morgan fingerprint density at radius 1 is 1.03 bits per heavy atom. The second kappa shape index (κ2) is 11.2. The lowest BCUT2D eigenvalue weighted by atomic mass is 9.90. The van der Waals surface area contributed by atoms with E-state index in [0.717, 1.165) is 66.3 Å². The van der Waals surface area contributed by atoms with E-state index in [4.69, 9.17) is 9.97 Å². The van der Waals surface area contributed by atoms with Crippen LogP contribution in [0.5, 0.6) is 0 Å². The Hall–Kier alpha value is -2.63. The van der Waals surface area contributed by atoms with Gasteiger partial charge in [0.25, 0.3) is 0 Å². The molecule has 2 aliphatic rings. The van der Waals surface area contributed by atoms with E-state index in [1.807, 2.05) is 0 Å². The van der Waals surface area contributed by atoms with Crippen molar-refractivity contribution in [1.29, 1.82) is 0 Å². The quantitative estimate of drug-likeness (QED) is 0.401. The maximum Gasteiger partial charge on any atom is 0.401 e. The average molecular weight is 548 g/mol. The maximum absolute atomic E-state index is 12.8. The van der Waals surface area contributed by atoms with Gasteiger partial charge in [-0.3, -0.25) is 4.90 Å². The van der Waals surface area contributed by atoms with Gasteiger partial charge in [0.05, 0.1) is 11.9 Å². The summed E-state index contributed by atoms with van der Waals surface area (Å²) in [6.07, 6.45) is -2.69. The number of thiophene rings is 1. The van der Waals surface area contributed by atoms with Crippen molar-refractivity contribution in [2.75, 3.05) is 68.4 Å². The summed E-state index contributed by atoms with van der Waals surface area (Å²) in [7, 11) is 2.15. The number of piperidine rings is 1. The molecule has 2 fully saturated rings. The Morgan fingerprint density at radius 2 is 1.71 bits per heavy atom. The van der Waals surface area contributed by atoms with Crippen LogP contribution in [0.15, 0.2) is 29.6 Å². The molecule has 2 N–H and O–H groups in total. The number of hydrogen-bond donors (Lipinski definition) is 2. The number of anilines is 4. The molecule has 4 heterocycles. The zero-order valence-electron chi connectivity index (χ0n) is 22.2. The Bertz CT molecular complexity index is 1210. The molecule has 0 radical (unpaired) electrons. The molecule has 5 rings (SSSR count). The highest BCUT2D eigenvalue weighted by Crippen LogP contribution is 2.33. The third-order valence-electron chi connectivity index (χ3n) is 7.72. The number of nitrogens with zero attached hydrogens (tertiary/aromatic N) is 5. The zero-order chi connectivity index (χ0) is 26.9. The van der Waals surface area contributed by atoms with E-state index in [0.29, 0.717) is 19.0 Å². The molecule has 0 unspecified atom stereocenters. The molecule has 0 bridgehead atoms. The predicted octanol–water partition coefficient (Wildman–Crippen LogP) is 5.57. The second-order valence-corrected chi connectivity index (χ2v) is 11.5. The molecule has 0 spiro atoms. The van der Waals surface area contributed by atoms with Gasteiger partial charge in [0.2, 0.25) is 5.95 Å². The zero-order valence-corrected chi connectivity index (χ0v) is 23.0. The molecular weight excluding hydrogens is 511 g/mol. The number of piperazine rings is 1. The number of alkyl halides is 3. The molecule has 0 aliphatic carbocycles. The van der Waals surface area contributed by atoms with Crippen molar-refractivity contribution >= 4 is 44.7 Å². The Morgan fingerprint density at radius 3 is 2.37 bits per heavy atom. The van der Waals surface area contributed by atoms with E-state index in [1.54, 1.807) is 11.3 Å². The Labute approximate surface area is 226 Å². The summed E-state index contributed by atoms with van der Waals surface area (Å²) >= 11 is 1.59. The third-order valence-corrected chi connectivity index (χ3v) is 8.71. The van der Waals surface area contributed by atoms with E-state index < -0.39 is 12.7 Å². The number of rotatable bonds is 7. The number of benzene rings is 1. The van der Waals surface area contributed by atoms with Gasteiger partial charge in [-0.15, -0.1) is 11.3 Å². The lowest BCUT2D eigenvalue weighted by Crippen LogP contribution is -2.44. The van der Waals surface area contributed by atoms with Crippen LogP contribution < -0.4 is 15.5 Å². The molecule has 38 heavy (non-hydrogen) atoms. The van der Waals surface area contributed by atoms with Gasteiger partial charge in [-0.1, -0.05) is 0 Å². The van der Waals surface area contributed by atoms with Gasteiger partial charge in [-0.25, -0.2) is 4.98 Å². The lowest BCUT2D eigenvalue weighted by molar-refractivity contribution is -0.148. The van der Waals surface area contributed by atoms with Gasteiger partial charge in [0, 0.05) is 43.6 Å². The number of hydrogen-bond acceptors (Lipinski definition) is 8. The smallest absolute Gasteiger partial charge is 0.369 e. The molecule has 1 atom stereocenters. The monoisotopic (exact) mass is 547 g/mol. The number of nitrogens with one attached hydrogen (secondary N) is 2. The number of aromatic nitrogens is 2. The first-order chi connectivity index (χ1) is 18.1. The Kier molecular flexibility index (Phi) is 7.97. The SMILES string of the molecule is Cc1csc2nc(Nc3ccc(N4CCN(C)CC4)cc3)nc(N[C@H](C)C3CCN(CC(F)(F)F)CC3)c12. The van der Waals surface area contributed by atoms with Crippen molar-refractivity contribution in [1.82, 2.24) is 19.8 Å². The van der Waals surface area contributed by atoms with Crippen LogP contribution in [0, 0.1) is 12.8 Å². The van der Waals surface area contributed by atoms with Crippen molar-refractivity contribution in [3.8, 4) is 0 Å². The first-order valence-corrected chi connectivity index (χ1v) is 14.1. The molecule has 2 aliphatic heterocycles. The van der Waals surface area contributed by atoms with Gasteiger partial charge >= 0.3 is 6.18 Å². The molecule has 7 nitrogen and oxygen atoms in total. The van der Waals surface area contributed by atoms with Gasteiger partial charge in [-0.05, 0) is 88.0 Å². The highest BCUT2D eigenvalue weighted by Gasteiger charge is 2.33. The van der Waals surface area contributed by atoms with E-state index in [2.05, 4.69) is 71.0 Å². The van der Waals surface area contributed by atoms with Crippen LogP contribution in [0.1, 0.15) is 25.3 Å². The molecule has 0 saturated carbocycles. The minimum absolute atomic E-state index is 0.0798. The van der Waals surface area contributed by atoms with Gasteiger partial charge in [-0.2, -0.15) is 18.2 Å². The minimum atomic E-state index is -4.14. The average Bonchev–Trinajstić information content (AvgIpc) is 3.25. The van der Waals surface area contributed by atoms with E-state index in [1.165, 1.54) is 10.6 Å². The third kappa shape index (κ3) is 6.50. The summed E-state index contributed by atoms with van der Waals surface area (Å²) in [4.78, 5) is 16.8. The van der Waals surface area contributed by atoms with Crippen molar-refractivity contribution in [2.24, 2.45) is 5.92 Å². The van der Waals surface area contributed by atoms with E-state index >= 15 is 0 Å². The van der Waals surface area contributed by atoms with Crippen molar-refractivity contribution in [3.63, 3.8) is 0 Å². The van der Waals surface area contributed by atoms with Crippen molar-refractivity contribution in [2.45, 2.75) is 38.9 Å². The van der Waals surface area contributed by atoms with Crippen LogP contribution in [0.3, 0.4) is 0 Å². The normalized spacial score (nSPS) is 19.2. The van der Waals surface area contributed by atoms with Gasteiger partial charge in [0.1, 0.15) is 10.6 Å². The number of aryl methyl sites for hydroxylation is 1. The van der Waals surface area contributed by atoms with Crippen LogP contribution in [-0.4, -0.2) is 84.8 Å². The molecule has 2 aromatic heterocycles. The minimum Gasteiger partial charge on any atom is -0.369 e. The molecule has 11 heteroatoms. The fourth-order valence-electron chi connectivity index (χ4n) is 5.39. The molecular formula is C27H36F3N7S. The molecule has 2 saturated heterocycles. The fourth-order valence-corrected chi connectivity index (χ4v) is 6.31. The van der Waals surface area contributed by atoms with Crippen molar-refractivity contribution < 1.29 is 13.2 Å². The topological polar surface area (TPSA) is 59.6 Å². The fraction of sp³-hybridized carbons (Fsp3) is 0.556. The summed E-state index contributed by atoms with van der Waals surface area (Å²) in [6.45, 7) is 8.43. The standard InChI is InChI=1S/C27H36F3N7S/c1-18-16-38-25-23(18)24(31-19(2)20-8-10-36(11-9-20)17-27(28,29)30)33-26(34-25)32-21-4-6-22(7-5-21)37-14-12-35(3)13-15-37/h4-7,16,19-20H,8-15,17H2,1-3H3,(H2,31,32,33,34)/t19-/m1/s1. The van der Waals surface area contributed by atoms with E-state index in [-0.39, 0.29) is 12.0 Å². The maximum atomic E-state index is 12.8. The summed E-state index contributed by atoms with van der Waals surface area (Å²) in [5.41, 5.74) is 3.25. The number of likely N-dealkylation sites (tertiary alicyclic amines) is 1. The first-order valence-electron chi connectivity index (χ1n) is 13.3. The molecule has 1 aromatic carbocycles. The first kappa shape index (κ1) is 27.0. The number of fused-ring (bicyclic) bond motifs is 1. The summed E-state index contributed by atoms with van der Waals surface area (Å²) < 4.78 is 38.3. The second-order valence-electron chi connectivity index (χ2n) is 10.6. The largest absolute Gasteiger partial charge is 0.401 e. The van der Waals surface area contributed by atoms with Crippen molar-refractivity contribution in [3.05, 3.63) is 35.2 Å². The van der Waals surface area contributed by atoms with Gasteiger partial charge in [0.15, 0.2) is 0 Å². The summed E-state index contributed by atoms with van der Waals surface area (Å²) in [6, 6.07) is 8.47. The van der Waals surface area contributed by atoms with Crippen LogP contribution >= 0.6 is 11.3 Å². The number of likely N-dealkylation sites (N-methyl/N-ethyl adjacent to an activating group) is 1. The van der Waals surface area contributed by atoms with Crippen LogP contribution in [0.25, 0.3) is 10.2 Å². The Balaban J connectivity index is 1.27. The highest BCUT2D eigenvalue weighted by molar-refractivity contribution is 7.17. The van der Waals surface area contributed by atoms with Crippen LogP contribution in [0.4, 0.5) is 36.3 Å². The van der Waals surface area contributed by atoms with Gasteiger partial charge < -0.3 is 20.4 Å². The molecule has 0 amide bonds. The van der Waals surface area contributed by atoms with Crippen LogP contribution in [0.2, 0.25) is 0 Å². The number of halogens is 3. The van der Waals surface area contributed by atoms with E-state index in [9.17, 15) is 13.2 Å². The molecule has 206 valence electrons.